The molecule has 0 spiro atoms. The number of nitrogens with zero attached hydrogens (tertiary/aromatic N) is 2. The monoisotopic (exact) mass is 393 g/mol. The first-order valence-electron chi connectivity index (χ1n) is 8.16. The second kappa shape index (κ2) is 8.16. The Hall–Kier alpha value is -1.95. The van der Waals surface area contributed by atoms with Crippen molar-refractivity contribution in [2.24, 2.45) is 5.10 Å². The molecule has 0 bridgehead atoms. The van der Waals surface area contributed by atoms with E-state index in [9.17, 15) is 4.79 Å². The first-order valence-corrected chi connectivity index (χ1v) is 8.91. The van der Waals surface area contributed by atoms with Crippen LogP contribution in [0.15, 0.2) is 41.5 Å². The van der Waals surface area contributed by atoms with Crippen molar-refractivity contribution < 1.29 is 9.18 Å². The van der Waals surface area contributed by atoms with Crippen molar-refractivity contribution in [3.63, 3.8) is 0 Å². The fourth-order valence-electron chi connectivity index (χ4n) is 2.98. The van der Waals surface area contributed by atoms with Gasteiger partial charge in [0.15, 0.2) is 18.6 Å². The summed E-state index contributed by atoms with van der Waals surface area (Å²) in [5, 5.41) is 9.80. The molecule has 0 aromatic heterocycles. The topological polar surface area (TPSA) is 44.7 Å². The summed E-state index contributed by atoms with van der Waals surface area (Å²) in [5.41, 5.74) is 2.53. The summed E-state index contributed by atoms with van der Waals surface area (Å²) in [7, 11) is 0. The van der Waals surface area contributed by atoms with Crippen molar-refractivity contribution in [1.29, 1.82) is 0 Å². The number of carbonyl (C=O) groups excluding carboxylic acids is 1. The van der Waals surface area contributed by atoms with E-state index in [1.807, 2.05) is 13.0 Å². The molecule has 3 rings (SSSR count). The van der Waals surface area contributed by atoms with Crippen molar-refractivity contribution >= 4 is 35.7 Å². The normalized spacial score (nSPS) is 18.0. The Kier molecular flexibility index (Phi) is 5.91. The zero-order valence-electron chi connectivity index (χ0n) is 14.1. The Bertz CT molecular complexity index is 803. The average molecular weight is 394 g/mol. The third kappa shape index (κ3) is 4.06. The molecule has 1 N–H and O–H groups in total. The zero-order chi connectivity index (χ0) is 18.7. The van der Waals surface area contributed by atoms with Crippen LogP contribution in [0.1, 0.15) is 28.4 Å². The number of aryl methyl sites for hydroxylation is 1. The standard InChI is InChI=1S/C19H18Cl2FN3O/c1-12-8-13(10-25-17(11-26)23-6-7-24-25)9-16(21)18(12)19(22)14-2-4-15(20)5-3-14/h2-5,7-9,11,17,19,23H,6,10H2,1H3. The van der Waals surface area contributed by atoms with E-state index in [4.69, 9.17) is 23.2 Å². The van der Waals surface area contributed by atoms with Crippen LogP contribution in [0.25, 0.3) is 0 Å². The molecule has 2 unspecified atom stereocenters. The quantitative estimate of drug-likeness (QED) is 0.771. The highest BCUT2D eigenvalue weighted by Gasteiger charge is 2.22. The van der Waals surface area contributed by atoms with E-state index in [0.29, 0.717) is 34.3 Å². The number of halogens is 3. The fourth-order valence-corrected chi connectivity index (χ4v) is 3.49. The molecule has 0 amide bonds. The lowest BCUT2D eigenvalue weighted by Gasteiger charge is -2.29. The van der Waals surface area contributed by atoms with Crippen LogP contribution in [0.4, 0.5) is 4.39 Å². The van der Waals surface area contributed by atoms with Crippen LogP contribution >= 0.6 is 23.2 Å². The molecule has 4 nitrogen and oxygen atoms in total. The highest BCUT2D eigenvalue weighted by atomic mass is 35.5. The smallest absolute Gasteiger partial charge is 0.158 e. The largest absolute Gasteiger partial charge is 0.299 e. The predicted molar refractivity (Wildman–Crippen MR) is 102 cm³/mol. The van der Waals surface area contributed by atoms with Crippen LogP contribution in [-0.4, -0.2) is 30.2 Å². The minimum absolute atomic E-state index is 0.346. The number of rotatable bonds is 5. The zero-order valence-corrected chi connectivity index (χ0v) is 15.6. The number of nitrogens with one attached hydrogen (secondary N) is 1. The van der Waals surface area contributed by atoms with Crippen molar-refractivity contribution in [2.75, 3.05) is 6.54 Å². The number of hydrazone groups is 1. The van der Waals surface area contributed by atoms with Crippen LogP contribution in [0.5, 0.6) is 0 Å². The van der Waals surface area contributed by atoms with E-state index in [1.54, 1.807) is 41.6 Å². The van der Waals surface area contributed by atoms with Gasteiger partial charge in [-0.2, -0.15) is 5.10 Å². The van der Waals surface area contributed by atoms with Gasteiger partial charge in [-0.3, -0.25) is 15.1 Å². The van der Waals surface area contributed by atoms with Gasteiger partial charge in [-0.15, -0.1) is 0 Å². The Morgan fingerprint density at radius 2 is 2.08 bits per heavy atom. The first-order chi connectivity index (χ1) is 12.5. The lowest BCUT2D eigenvalue weighted by atomic mass is 9.96. The van der Waals surface area contributed by atoms with Gasteiger partial charge >= 0.3 is 0 Å². The SMILES string of the molecule is Cc1cc(CN2N=CCNC2C=O)cc(Cl)c1C(F)c1ccc(Cl)cc1. The summed E-state index contributed by atoms with van der Waals surface area (Å²) in [5.74, 6) is 0. The van der Waals surface area contributed by atoms with Gasteiger partial charge in [0.2, 0.25) is 0 Å². The van der Waals surface area contributed by atoms with Crippen LogP contribution in [0.3, 0.4) is 0 Å². The highest BCUT2D eigenvalue weighted by Crippen LogP contribution is 2.35. The van der Waals surface area contributed by atoms with Gasteiger partial charge in [0.05, 0.1) is 6.54 Å². The predicted octanol–water partition coefficient (Wildman–Crippen LogP) is 4.28. The van der Waals surface area contributed by atoms with Gasteiger partial charge in [-0.25, -0.2) is 4.39 Å². The van der Waals surface area contributed by atoms with E-state index in [1.165, 1.54) is 0 Å². The summed E-state index contributed by atoms with van der Waals surface area (Å²) in [4.78, 5) is 11.2. The lowest BCUT2D eigenvalue weighted by molar-refractivity contribution is -0.113. The Balaban J connectivity index is 1.86. The van der Waals surface area contributed by atoms with Crippen LogP contribution in [-0.2, 0) is 11.3 Å². The summed E-state index contributed by atoms with van der Waals surface area (Å²) in [6.07, 6.45) is 0.672. The Morgan fingerprint density at radius 3 is 2.73 bits per heavy atom. The number of aldehydes is 1. The van der Waals surface area contributed by atoms with Crippen molar-refractivity contribution in [3.05, 3.63) is 68.7 Å². The summed E-state index contributed by atoms with van der Waals surface area (Å²) >= 11 is 12.3. The first kappa shape index (κ1) is 18.8. The fraction of sp³-hybridized carbons (Fsp3) is 0.263. The maximum atomic E-state index is 15.0. The molecule has 26 heavy (non-hydrogen) atoms. The molecule has 2 atom stereocenters. The summed E-state index contributed by atoms with van der Waals surface area (Å²) < 4.78 is 15.0. The highest BCUT2D eigenvalue weighted by molar-refractivity contribution is 6.31. The minimum atomic E-state index is -1.34. The Labute approximate surface area is 161 Å². The number of hydrogen-bond acceptors (Lipinski definition) is 4. The van der Waals surface area contributed by atoms with Crippen LogP contribution in [0, 0.1) is 6.92 Å². The second-order valence-corrected chi connectivity index (χ2v) is 6.95. The molecular weight excluding hydrogens is 376 g/mol. The van der Waals surface area contributed by atoms with E-state index in [2.05, 4.69) is 10.4 Å². The van der Waals surface area contributed by atoms with Gasteiger partial charge in [0, 0.05) is 28.4 Å². The molecule has 0 aliphatic carbocycles. The van der Waals surface area contributed by atoms with Crippen molar-refractivity contribution in [2.45, 2.75) is 25.8 Å². The molecule has 1 aliphatic heterocycles. The molecule has 2 aromatic carbocycles. The molecule has 0 saturated heterocycles. The maximum absolute atomic E-state index is 15.0. The molecular formula is C19H18Cl2FN3O. The van der Waals surface area contributed by atoms with Gasteiger partial charge in [0.25, 0.3) is 0 Å². The summed E-state index contributed by atoms with van der Waals surface area (Å²) in [6.45, 7) is 2.76. The number of hydrogen-bond donors (Lipinski definition) is 1. The van der Waals surface area contributed by atoms with Gasteiger partial charge in [-0.05, 0) is 41.8 Å². The van der Waals surface area contributed by atoms with E-state index < -0.39 is 12.3 Å². The summed E-state index contributed by atoms with van der Waals surface area (Å²) in [6, 6.07) is 10.2. The number of benzene rings is 2. The van der Waals surface area contributed by atoms with Gasteiger partial charge in [-0.1, -0.05) is 41.4 Å². The van der Waals surface area contributed by atoms with Crippen molar-refractivity contribution in [3.8, 4) is 0 Å². The van der Waals surface area contributed by atoms with E-state index in [-0.39, 0.29) is 0 Å². The molecule has 0 saturated carbocycles. The molecule has 0 fully saturated rings. The molecule has 1 heterocycles. The van der Waals surface area contributed by atoms with E-state index >= 15 is 4.39 Å². The average Bonchev–Trinajstić information content (AvgIpc) is 2.62. The minimum Gasteiger partial charge on any atom is -0.299 e. The molecule has 1 aliphatic rings. The Morgan fingerprint density at radius 1 is 1.35 bits per heavy atom. The maximum Gasteiger partial charge on any atom is 0.158 e. The third-order valence-corrected chi connectivity index (χ3v) is 4.82. The third-order valence-electron chi connectivity index (χ3n) is 4.26. The van der Waals surface area contributed by atoms with Crippen LogP contribution in [0.2, 0.25) is 10.0 Å². The van der Waals surface area contributed by atoms with Crippen LogP contribution < -0.4 is 5.32 Å². The molecule has 136 valence electrons. The molecule has 7 heteroatoms. The van der Waals surface area contributed by atoms with Gasteiger partial charge in [0.1, 0.15) is 0 Å². The van der Waals surface area contributed by atoms with E-state index in [0.717, 1.165) is 17.4 Å². The van der Waals surface area contributed by atoms with Crippen molar-refractivity contribution in [1.82, 2.24) is 10.3 Å². The number of alkyl halides is 1. The second-order valence-electron chi connectivity index (χ2n) is 6.11. The van der Waals surface area contributed by atoms with Gasteiger partial charge < -0.3 is 0 Å². The number of carbonyl (C=O) groups is 1. The molecule has 2 aromatic rings. The lowest BCUT2D eigenvalue weighted by Crippen LogP contribution is -2.47. The molecule has 0 radical (unpaired) electrons.